The Morgan fingerprint density at radius 3 is 2.50 bits per heavy atom. The third-order valence-electron chi connectivity index (χ3n) is 3.81. The zero-order chi connectivity index (χ0) is 12.1. The van der Waals surface area contributed by atoms with Gasteiger partial charge in [-0.25, -0.2) is 0 Å². The number of carbonyl (C=O) groups excluding carboxylic acids is 1. The van der Waals surface area contributed by atoms with Crippen molar-refractivity contribution in [3.05, 3.63) is 0 Å². The van der Waals surface area contributed by atoms with Gasteiger partial charge in [-0.3, -0.25) is 4.79 Å². The highest BCUT2D eigenvalue weighted by Gasteiger charge is 2.29. The van der Waals surface area contributed by atoms with Gasteiger partial charge in [-0.05, 0) is 25.7 Å². The van der Waals surface area contributed by atoms with Crippen LogP contribution in [0.1, 0.15) is 39.0 Å². The van der Waals surface area contributed by atoms with Crippen LogP contribution in [0.5, 0.6) is 0 Å². The lowest BCUT2D eigenvalue weighted by molar-refractivity contribution is -0.133. The number of aliphatic hydroxyl groups is 1. The first-order chi connectivity index (χ1) is 7.57. The molecule has 16 heavy (non-hydrogen) atoms. The van der Waals surface area contributed by atoms with E-state index in [2.05, 4.69) is 0 Å². The highest BCUT2D eigenvalue weighted by atomic mass is 16.3. The first-order valence-electron chi connectivity index (χ1n) is 6.21. The van der Waals surface area contributed by atoms with E-state index >= 15 is 0 Å². The summed E-state index contributed by atoms with van der Waals surface area (Å²) in [5, 5.41) is 10.2. The summed E-state index contributed by atoms with van der Waals surface area (Å²) in [5.74, 6) is 0.235. The average molecular weight is 228 g/mol. The molecule has 0 saturated heterocycles. The minimum Gasteiger partial charge on any atom is -0.391 e. The van der Waals surface area contributed by atoms with E-state index in [0.29, 0.717) is 5.92 Å². The van der Waals surface area contributed by atoms with Crippen molar-refractivity contribution in [1.29, 1.82) is 0 Å². The molecule has 1 saturated carbocycles. The van der Waals surface area contributed by atoms with Crippen LogP contribution in [0.3, 0.4) is 0 Å². The minimum atomic E-state index is -0.416. The Labute approximate surface area is 97.8 Å². The van der Waals surface area contributed by atoms with Crippen LogP contribution in [0, 0.1) is 5.92 Å². The van der Waals surface area contributed by atoms with Crippen LogP contribution in [-0.4, -0.2) is 41.7 Å². The third kappa shape index (κ3) is 3.19. The molecule has 0 aromatic carbocycles. The number of nitrogens with two attached hydrogens (primary N) is 1. The van der Waals surface area contributed by atoms with Crippen LogP contribution in [0.15, 0.2) is 0 Å². The normalized spacial score (nSPS) is 21.5. The first kappa shape index (κ1) is 13.5. The van der Waals surface area contributed by atoms with Crippen molar-refractivity contribution in [3.8, 4) is 0 Å². The lowest BCUT2D eigenvalue weighted by Crippen LogP contribution is -2.47. The molecule has 1 aliphatic rings. The molecule has 4 nitrogen and oxygen atoms in total. The lowest BCUT2D eigenvalue weighted by atomic mass is 9.82. The Morgan fingerprint density at radius 2 is 2.00 bits per heavy atom. The summed E-state index contributed by atoms with van der Waals surface area (Å²) >= 11 is 0. The van der Waals surface area contributed by atoms with E-state index < -0.39 is 6.10 Å². The van der Waals surface area contributed by atoms with Gasteiger partial charge in [0.1, 0.15) is 0 Å². The fourth-order valence-corrected chi connectivity index (χ4v) is 2.47. The molecule has 0 aromatic heterocycles. The molecular weight excluding hydrogens is 204 g/mol. The summed E-state index contributed by atoms with van der Waals surface area (Å²) in [7, 11) is 1.71. The molecule has 0 spiro atoms. The van der Waals surface area contributed by atoms with Gasteiger partial charge in [0.15, 0.2) is 0 Å². The molecule has 0 heterocycles. The molecule has 4 heteroatoms. The molecule has 2 atom stereocenters. The van der Waals surface area contributed by atoms with Crippen LogP contribution in [0.4, 0.5) is 0 Å². The van der Waals surface area contributed by atoms with E-state index in [-0.39, 0.29) is 18.5 Å². The molecule has 3 N–H and O–H groups in total. The number of nitrogens with zero attached hydrogens (tertiary/aromatic N) is 1. The van der Waals surface area contributed by atoms with Crippen molar-refractivity contribution in [2.45, 2.75) is 51.2 Å². The SMILES string of the molecule is C[C@@H]([C@H](O)C1CCCCC1)N(C)C(=O)CN. The maximum absolute atomic E-state index is 11.4. The van der Waals surface area contributed by atoms with Crippen LogP contribution >= 0.6 is 0 Å². The molecule has 0 aliphatic heterocycles. The minimum absolute atomic E-state index is 0.0121. The Bertz CT molecular complexity index is 227. The number of carbonyl (C=O) groups is 1. The van der Waals surface area contributed by atoms with Gasteiger partial charge in [0, 0.05) is 7.05 Å². The Kier molecular flexibility index (Phi) is 5.22. The molecule has 94 valence electrons. The number of hydrogen-bond donors (Lipinski definition) is 2. The molecule has 1 aliphatic carbocycles. The van der Waals surface area contributed by atoms with Crippen molar-refractivity contribution < 1.29 is 9.90 Å². The fraction of sp³-hybridized carbons (Fsp3) is 0.917. The second kappa shape index (κ2) is 6.21. The highest BCUT2D eigenvalue weighted by molar-refractivity contribution is 5.78. The predicted molar refractivity (Wildman–Crippen MR) is 63.9 cm³/mol. The monoisotopic (exact) mass is 228 g/mol. The zero-order valence-electron chi connectivity index (χ0n) is 10.4. The zero-order valence-corrected chi connectivity index (χ0v) is 10.4. The standard InChI is InChI=1S/C12H24N2O2/c1-9(14(2)11(15)8-13)12(16)10-6-4-3-5-7-10/h9-10,12,16H,3-8,13H2,1-2H3/t9-,12-/m0/s1. The second-order valence-corrected chi connectivity index (χ2v) is 4.84. The van der Waals surface area contributed by atoms with Gasteiger partial charge in [0.05, 0.1) is 18.7 Å². The summed E-state index contributed by atoms with van der Waals surface area (Å²) in [6.07, 6.45) is 5.41. The number of amides is 1. The summed E-state index contributed by atoms with van der Waals surface area (Å²) in [4.78, 5) is 13.0. The van der Waals surface area contributed by atoms with Crippen LogP contribution < -0.4 is 5.73 Å². The van der Waals surface area contributed by atoms with Crippen LogP contribution in [0.25, 0.3) is 0 Å². The summed E-state index contributed by atoms with van der Waals surface area (Å²) < 4.78 is 0. The maximum atomic E-state index is 11.4. The Hall–Kier alpha value is -0.610. The van der Waals surface area contributed by atoms with E-state index in [4.69, 9.17) is 5.73 Å². The summed E-state index contributed by atoms with van der Waals surface area (Å²) in [6, 6.07) is -0.140. The number of aliphatic hydroxyl groups excluding tert-OH is 1. The Balaban J connectivity index is 2.51. The number of rotatable bonds is 4. The molecule has 0 unspecified atom stereocenters. The van der Waals surface area contributed by atoms with E-state index in [1.54, 1.807) is 11.9 Å². The lowest BCUT2D eigenvalue weighted by Gasteiger charge is -2.35. The highest BCUT2D eigenvalue weighted by Crippen LogP contribution is 2.28. The van der Waals surface area contributed by atoms with Crippen molar-refractivity contribution in [2.75, 3.05) is 13.6 Å². The van der Waals surface area contributed by atoms with E-state index in [0.717, 1.165) is 12.8 Å². The van der Waals surface area contributed by atoms with Gasteiger partial charge in [-0.2, -0.15) is 0 Å². The van der Waals surface area contributed by atoms with Crippen molar-refractivity contribution >= 4 is 5.91 Å². The summed E-state index contributed by atoms with van der Waals surface area (Å²) in [6.45, 7) is 1.91. The average Bonchev–Trinajstić information content (AvgIpc) is 2.36. The van der Waals surface area contributed by atoms with Crippen molar-refractivity contribution in [2.24, 2.45) is 11.7 Å². The van der Waals surface area contributed by atoms with Gasteiger partial charge in [-0.15, -0.1) is 0 Å². The molecule has 1 fully saturated rings. The molecule has 1 amide bonds. The first-order valence-corrected chi connectivity index (χ1v) is 6.21. The van der Waals surface area contributed by atoms with Gasteiger partial charge < -0.3 is 15.7 Å². The quantitative estimate of drug-likeness (QED) is 0.745. The van der Waals surface area contributed by atoms with E-state index in [1.165, 1.54) is 19.3 Å². The molecule has 1 rings (SSSR count). The van der Waals surface area contributed by atoms with Crippen molar-refractivity contribution in [1.82, 2.24) is 4.90 Å². The third-order valence-corrected chi connectivity index (χ3v) is 3.81. The topological polar surface area (TPSA) is 66.6 Å². The second-order valence-electron chi connectivity index (χ2n) is 4.84. The molecule has 0 bridgehead atoms. The van der Waals surface area contributed by atoms with Gasteiger partial charge in [0.25, 0.3) is 0 Å². The van der Waals surface area contributed by atoms with Gasteiger partial charge in [-0.1, -0.05) is 19.3 Å². The van der Waals surface area contributed by atoms with Crippen LogP contribution in [-0.2, 0) is 4.79 Å². The smallest absolute Gasteiger partial charge is 0.236 e. The van der Waals surface area contributed by atoms with E-state index in [9.17, 15) is 9.90 Å². The Morgan fingerprint density at radius 1 is 1.44 bits per heavy atom. The number of hydrogen-bond acceptors (Lipinski definition) is 3. The van der Waals surface area contributed by atoms with Gasteiger partial charge >= 0.3 is 0 Å². The van der Waals surface area contributed by atoms with Gasteiger partial charge in [0.2, 0.25) is 5.91 Å². The molecular formula is C12H24N2O2. The molecule has 0 aromatic rings. The van der Waals surface area contributed by atoms with Crippen molar-refractivity contribution in [3.63, 3.8) is 0 Å². The van der Waals surface area contributed by atoms with Crippen LogP contribution in [0.2, 0.25) is 0 Å². The maximum Gasteiger partial charge on any atom is 0.236 e. The summed E-state index contributed by atoms with van der Waals surface area (Å²) in [5.41, 5.74) is 5.32. The predicted octanol–water partition coefficient (Wildman–Crippen LogP) is 0.733. The largest absolute Gasteiger partial charge is 0.391 e. The van der Waals surface area contributed by atoms with E-state index in [1.807, 2.05) is 6.92 Å². The number of likely N-dealkylation sites (N-methyl/N-ethyl adjacent to an activating group) is 1. The fourth-order valence-electron chi connectivity index (χ4n) is 2.47. The molecule has 0 radical (unpaired) electrons.